The van der Waals surface area contributed by atoms with Gasteiger partial charge in [-0.1, -0.05) is 0 Å². The Hall–Kier alpha value is -1.75. The molecule has 1 aromatic rings. The van der Waals surface area contributed by atoms with Crippen molar-refractivity contribution in [2.24, 2.45) is 0 Å². The van der Waals surface area contributed by atoms with Crippen LogP contribution in [0.5, 0.6) is 11.5 Å². The van der Waals surface area contributed by atoms with Crippen LogP contribution in [0.4, 0.5) is 0 Å². The van der Waals surface area contributed by atoms with E-state index in [1.165, 1.54) is 5.56 Å². The van der Waals surface area contributed by atoms with Gasteiger partial charge in [-0.25, -0.2) is 0 Å². The number of carbonyl (C=O) groups is 1. The van der Waals surface area contributed by atoms with E-state index in [2.05, 4.69) is 23.6 Å². The average molecular weight is 304 g/mol. The van der Waals surface area contributed by atoms with E-state index in [1.807, 2.05) is 6.07 Å². The Morgan fingerprint density at radius 1 is 1.41 bits per heavy atom. The van der Waals surface area contributed by atoms with E-state index in [1.54, 1.807) is 7.11 Å². The standard InChI is InChI=1S/C17H24N2O3/c1-11-7-12-8-15(21-2)13(9-16(12)22-11)10-19-14-5-3-4-6-18-17(14)20/h8-9,11,14,19H,3-7,10H2,1-2H3,(H,18,20)/t11-,14-/m0/s1. The van der Waals surface area contributed by atoms with E-state index in [-0.39, 0.29) is 18.1 Å². The highest BCUT2D eigenvalue weighted by Gasteiger charge is 2.23. The Labute approximate surface area is 131 Å². The predicted molar refractivity (Wildman–Crippen MR) is 84.3 cm³/mol. The summed E-state index contributed by atoms with van der Waals surface area (Å²) in [6, 6.07) is 3.97. The Bertz CT molecular complexity index is 559. The molecule has 2 heterocycles. The lowest BCUT2D eigenvalue weighted by Gasteiger charge is -2.17. The molecule has 1 fully saturated rings. The van der Waals surface area contributed by atoms with E-state index >= 15 is 0 Å². The molecule has 1 saturated heterocycles. The Kier molecular flexibility index (Phi) is 4.52. The molecule has 120 valence electrons. The summed E-state index contributed by atoms with van der Waals surface area (Å²) in [7, 11) is 1.68. The molecule has 1 aromatic carbocycles. The molecule has 2 aliphatic rings. The smallest absolute Gasteiger partial charge is 0.237 e. The second-order valence-electron chi connectivity index (χ2n) is 6.12. The van der Waals surface area contributed by atoms with Crippen molar-refractivity contribution in [2.75, 3.05) is 13.7 Å². The van der Waals surface area contributed by atoms with Crippen LogP contribution >= 0.6 is 0 Å². The molecule has 2 atom stereocenters. The molecule has 5 heteroatoms. The van der Waals surface area contributed by atoms with Crippen LogP contribution in [0.25, 0.3) is 0 Å². The fraction of sp³-hybridized carbons (Fsp3) is 0.588. The molecule has 2 aliphatic heterocycles. The van der Waals surface area contributed by atoms with Gasteiger partial charge >= 0.3 is 0 Å². The van der Waals surface area contributed by atoms with Gasteiger partial charge in [-0.05, 0) is 38.3 Å². The zero-order valence-corrected chi connectivity index (χ0v) is 13.3. The van der Waals surface area contributed by atoms with Gasteiger partial charge in [-0.3, -0.25) is 4.79 Å². The molecule has 0 saturated carbocycles. The molecule has 5 nitrogen and oxygen atoms in total. The van der Waals surface area contributed by atoms with Crippen molar-refractivity contribution in [3.63, 3.8) is 0 Å². The largest absolute Gasteiger partial charge is 0.496 e. The first-order valence-corrected chi connectivity index (χ1v) is 8.05. The molecule has 0 aliphatic carbocycles. The monoisotopic (exact) mass is 304 g/mol. The third-order valence-electron chi connectivity index (χ3n) is 4.37. The lowest BCUT2D eigenvalue weighted by molar-refractivity contribution is -0.122. The van der Waals surface area contributed by atoms with Gasteiger partial charge in [-0.2, -0.15) is 0 Å². The summed E-state index contributed by atoms with van der Waals surface area (Å²) in [5.41, 5.74) is 2.23. The number of benzene rings is 1. The predicted octanol–water partition coefficient (Wildman–Crippen LogP) is 1.78. The summed E-state index contributed by atoms with van der Waals surface area (Å²) in [5.74, 6) is 1.90. The summed E-state index contributed by atoms with van der Waals surface area (Å²) < 4.78 is 11.3. The number of ether oxygens (including phenoxy) is 2. The van der Waals surface area contributed by atoms with Gasteiger partial charge in [0.15, 0.2) is 0 Å². The maximum absolute atomic E-state index is 12.0. The number of amides is 1. The maximum atomic E-state index is 12.0. The fourth-order valence-electron chi connectivity index (χ4n) is 3.18. The molecule has 0 radical (unpaired) electrons. The molecule has 0 aromatic heterocycles. The molecule has 3 rings (SSSR count). The summed E-state index contributed by atoms with van der Waals surface area (Å²) >= 11 is 0. The zero-order chi connectivity index (χ0) is 15.5. The first-order chi connectivity index (χ1) is 10.7. The van der Waals surface area contributed by atoms with E-state index in [4.69, 9.17) is 9.47 Å². The highest BCUT2D eigenvalue weighted by Crippen LogP contribution is 2.35. The molecule has 0 spiro atoms. The van der Waals surface area contributed by atoms with E-state index in [0.29, 0.717) is 6.54 Å². The number of hydrogen-bond donors (Lipinski definition) is 2. The summed E-state index contributed by atoms with van der Waals surface area (Å²) in [6.07, 6.45) is 4.14. The lowest BCUT2D eigenvalue weighted by Crippen LogP contribution is -2.42. The number of carbonyl (C=O) groups excluding carboxylic acids is 1. The Morgan fingerprint density at radius 2 is 2.27 bits per heavy atom. The molecule has 1 amide bonds. The number of fused-ring (bicyclic) bond motifs is 1. The van der Waals surface area contributed by atoms with Gasteiger partial charge in [0.1, 0.15) is 17.6 Å². The SMILES string of the molecule is COc1cc2c(cc1CN[C@H]1CCCCNC1=O)O[C@@H](C)C2. The number of rotatable bonds is 4. The van der Waals surface area contributed by atoms with Crippen molar-refractivity contribution in [1.29, 1.82) is 0 Å². The van der Waals surface area contributed by atoms with Gasteiger partial charge in [0.25, 0.3) is 0 Å². The fourth-order valence-corrected chi connectivity index (χ4v) is 3.18. The minimum atomic E-state index is -0.125. The second kappa shape index (κ2) is 6.57. The van der Waals surface area contributed by atoms with Gasteiger partial charge in [0.05, 0.1) is 13.2 Å². The van der Waals surface area contributed by atoms with Crippen LogP contribution in [0.2, 0.25) is 0 Å². The van der Waals surface area contributed by atoms with Crippen LogP contribution < -0.4 is 20.1 Å². The van der Waals surface area contributed by atoms with Crippen LogP contribution in [0.15, 0.2) is 12.1 Å². The second-order valence-corrected chi connectivity index (χ2v) is 6.12. The minimum absolute atomic E-state index is 0.0995. The number of methoxy groups -OCH3 is 1. The summed E-state index contributed by atoms with van der Waals surface area (Å²) in [4.78, 5) is 12.0. The lowest BCUT2D eigenvalue weighted by atomic mass is 10.1. The average Bonchev–Trinajstić information content (AvgIpc) is 2.74. The van der Waals surface area contributed by atoms with Gasteiger partial charge < -0.3 is 20.1 Å². The Balaban J connectivity index is 1.72. The molecule has 0 unspecified atom stereocenters. The molecule has 0 bridgehead atoms. The normalized spacial score (nSPS) is 24.2. The first-order valence-electron chi connectivity index (χ1n) is 8.05. The summed E-state index contributed by atoms with van der Waals surface area (Å²) in [5, 5.41) is 6.31. The van der Waals surface area contributed by atoms with E-state index in [9.17, 15) is 4.79 Å². The highest BCUT2D eigenvalue weighted by atomic mass is 16.5. The Morgan fingerprint density at radius 3 is 3.09 bits per heavy atom. The van der Waals surface area contributed by atoms with Crippen molar-refractivity contribution < 1.29 is 14.3 Å². The van der Waals surface area contributed by atoms with Crippen molar-refractivity contribution in [2.45, 2.75) is 51.3 Å². The van der Waals surface area contributed by atoms with Crippen molar-refractivity contribution in [1.82, 2.24) is 10.6 Å². The van der Waals surface area contributed by atoms with Gasteiger partial charge in [0, 0.05) is 30.6 Å². The van der Waals surface area contributed by atoms with Crippen LogP contribution in [0, 0.1) is 0 Å². The van der Waals surface area contributed by atoms with Crippen LogP contribution in [0.1, 0.15) is 37.3 Å². The molecule has 2 N–H and O–H groups in total. The van der Waals surface area contributed by atoms with Crippen molar-refractivity contribution >= 4 is 5.91 Å². The maximum Gasteiger partial charge on any atom is 0.237 e. The molecular formula is C17H24N2O3. The molecule has 22 heavy (non-hydrogen) atoms. The summed E-state index contributed by atoms with van der Waals surface area (Å²) in [6.45, 7) is 3.46. The molecular weight excluding hydrogens is 280 g/mol. The topological polar surface area (TPSA) is 59.6 Å². The third kappa shape index (κ3) is 3.19. The van der Waals surface area contributed by atoms with E-state index in [0.717, 1.165) is 49.3 Å². The van der Waals surface area contributed by atoms with Crippen molar-refractivity contribution in [3.8, 4) is 11.5 Å². The first kappa shape index (κ1) is 15.2. The van der Waals surface area contributed by atoms with Crippen LogP contribution in [-0.2, 0) is 17.8 Å². The number of nitrogens with one attached hydrogen (secondary N) is 2. The van der Waals surface area contributed by atoms with Crippen LogP contribution in [0.3, 0.4) is 0 Å². The quantitative estimate of drug-likeness (QED) is 0.890. The minimum Gasteiger partial charge on any atom is -0.496 e. The number of hydrogen-bond acceptors (Lipinski definition) is 4. The van der Waals surface area contributed by atoms with Crippen LogP contribution in [-0.4, -0.2) is 31.7 Å². The zero-order valence-electron chi connectivity index (χ0n) is 13.3. The van der Waals surface area contributed by atoms with Gasteiger partial charge in [0.2, 0.25) is 5.91 Å². The van der Waals surface area contributed by atoms with Crippen molar-refractivity contribution in [3.05, 3.63) is 23.3 Å². The van der Waals surface area contributed by atoms with Gasteiger partial charge in [-0.15, -0.1) is 0 Å². The highest BCUT2D eigenvalue weighted by molar-refractivity contribution is 5.81. The van der Waals surface area contributed by atoms with E-state index < -0.39 is 0 Å². The third-order valence-corrected chi connectivity index (χ3v) is 4.37.